The summed E-state index contributed by atoms with van der Waals surface area (Å²) < 4.78 is 4.59. The number of benzene rings is 1. The van der Waals surface area contributed by atoms with Gasteiger partial charge in [-0.05, 0) is 5.56 Å². The summed E-state index contributed by atoms with van der Waals surface area (Å²) in [5, 5.41) is 0. The molecule has 0 saturated heterocycles. The summed E-state index contributed by atoms with van der Waals surface area (Å²) in [5.74, 6) is -0.398. The second kappa shape index (κ2) is 4.77. The van der Waals surface area contributed by atoms with Crippen LogP contribution in [0.4, 0.5) is 0 Å². The molecular formula is C11H15NO2. The molecule has 0 bridgehead atoms. The molecule has 1 rings (SSSR count). The first-order chi connectivity index (χ1) is 6.66. The van der Waals surface area contributed by atoms with Crippen LogP contribution >= 0.6 is 0 Å². The number of hydrogen-bond acceptors (Lipinski definition) is 3. The van der Waals surface area contributed by atoms with Crippen LogP contribution in [0.3, 0.4) is 0 Å². The van der Waals surface area contributed by atoms with E-state index in [0.29, 0.717) is 0 Å². The van der Waals surface area contributed by atoms with E-state index < -0.39 is 6.04 Å². The number of carbonyl (C=O) groups is 1. The van der Waals surface area contributed by atoms with Crippen LogP contribution < -0.4 is 5.73 Å². The molecule has 76 valence electrons. The number of nitrogens with two attached hydrogens (primary N) is 1. The molecular weight excluding hydrogens is 178 g/mol. The fraction of sp³-hybridized carbons (Fsp3) is 0.364. The largest absolute Gasteiger partial charge is 0.468 e. The van der Waals surface area contributed by atoms with Crippen molar-refractivity contribution in [1.29, 1.82) is 0 Å². The van der Waals surface area contributed by atoms with E-state index in [1.165, 1.54) is 7.11 Å². The highest BCUT2D eigenvalue weighted by Crippen LogP contribution is 2.17. The van der Waals surface area contributed by atoms with Crippen molar-refractivity contribution in [2.75, 3.05) is 7.11 Å². The zero-order chi connectivity index (χ0) is 10.6. The first-order valence-corrected chi connectivity index (χ1v) is 4.55. The molecule has 3 heteroatoms. The van der Waals surface area contributed by atoms with Gasteiger partial charge < -0.3 is 10.5 Å². The molecule has 1 aromatic rings. The van der Waals surface area contributed by atoms with Crippen molar-refractivity contribution in [3.63, 3.8) is 0 Å². The highest BCUT2D eigenvalue weighted by molar-refractivity contribution is 5.76. The maximum absolute atomic E-state index is 11.2. The summed E-state index contributed by atoms with van der Waals surface area (Å²) in [4.78, 5) is 11.2. The molecule has 0 radical (unpaired) electrons. The summed E-state index contributed by atoms with van der Waals surface area (Å²) in [5.41, 5.74) is 6.78. The van der Waals surface area contributed by atoms with Gasteiger partial charge in [0.15, 0.2) is 0 Å². The Morgan fingerprint density at radius 2 is 1.93 bits per heavy atom. The summed E-state index contributed by atoms with van der Waals surface area (Å²) in [6.45, 7) is 1.91. The van der Waals surface area contributed by atoms with Gasteiger partial charge in [0.1, 0.15) is 6.04 Å². The first-order valence-electron chi connectivity index (χ1n) is 4.55. The zero-order valence-corrected chi connectivity index (χ0v) is 8.44. The van der Waals surface area contributed by atoms with Crippen LogP contribution in [0.15, 0.2) is 30.3 Å². The Morgan fingerprint density at radius 3 is 2.43 bits per heavy atom. The van der Waals surface area contributed by atoms with Crippen LogP contribution in [0.2, 0.25) is 0 Å². The average molecular weight is 193 g/mol. The molecule has 0 fully saturated rings. The molecule has 1 aromatic carbocycles. The van der Waals surface area contributed by atoms with Crippen molar-refractivity contribution >= 4 is 5.97 Å². The summed E-state index contributed by atoms with van der Waals surface area (Å²) in [6, 6.07) is 9.09. The predicted octanol–water partition coefficient (Wildman–Crippen LogP) is 1.29. The molecule has 0 aliphatic rings. The summed E-state index contributed by atoms with van der Waals surface area (Å²) in [6.07, 6.45) is 0. The number of methoxy groups -OCH3 is 1. The van der Waals surface area contributed by atoms with Crippen LogP contribution in [-0.4, -0.2) is 19.1 Å². The van der Waals surface area contributed by atoms with E-state index in [1.54, 1.807) is 0 Å². The third kappa shape index (κ3) is 2.33. The summed E-state index contributed by atoms with van der Waals surface area (Å²) >= 11 is 0. The minimum Gasteiger partial charge on any atom is -0.468 e. The van der Waals surface area contributed by atoms with Gasteiger partial charge in [-0.2, -0.15) is 0 Å². The lowest BCUT2D eigenvalue weighted by molar-refractivity contribution is -0.142. The standard InChI is InChI=1S/C11H15NO2/c1-8(10(12)11(13)14-2)9-6-4-3-5-7-9/h3-8,10H,12H2,1-2H3. The van der Waals surface area contributed by atoms with Crippen LogP contribution in [0.1, 0.15) is 18.4 Å². The van der Waals surface area contributed by atoms with Gasteiger partial charge in [0, 0.05) is 5.92 Å². The lowest BCUT2D eigenvalue weighted by atomic mass is 9.94. The number of carbonyl (C=O) groups excluding carboxylic acids is 1. The van der Waals surface area contributed by atoms with Gasteiger partial charge >= 0.3 is 5.97 Å². The van der Waals surface area contributed by atoms with Crippen molar-refractivity contribution in [2.45, 2.75) is 18.9 Å². The first kappa shape index (κ1) is 10.7. The Kier molecular flexibility index (Phi) is 3.65. The molecule has 2 atom stereocenters. The van der Waals surface area contributed by atoms with E-state index in [9.17, 15) is 4.79 Å². The van der Waals surface area contributed by atoms with Crippen molar-refractivity contribution < 1.29 is 9.53 Å². The van der Waals surface area contributed by atoms with Crippen molar-refractivity contribution in [3.05, 3.63) is 35.9 Å². The van der Waals surface area contributed by atoms with Gasteiger partial charge in [-0.3, -0.25) is 4.79 Å². The Balaban J connectivity index is 2.75. The SMILES string of the molecule is COC(=O)C(N)C(C)c1ccccc1. The Bertz CT molecular complexity index is 297. The van der Waals surface area contributed by atoms with E-state index in [0.717, 1.165) is 5.56 Å². The van der Waals surface area contributed by atoms with Crippen molar-refractivity contribution in [2.24, 2.45) is 5.73 Å². The molecule has 14 heavy (non-hydrogen) atoms. The normalized spacial score (nSPS) is 14.5. The van der Waals surface area contributed by atoms with Crippen LogP contribution in [-0.2, 0) is 9.53 Å². The molecule has 0 amide bonds. The minimum atomic E-state index is -0.595. The third-order valence-corrected chi connectivity index (χ3v) is 2.34. The van der Waals surface area contributed by atoms with Gasteiger partial charge in [-0.1, -0.05) is 37.3 Å². The van der Waals surface area contributed by atoms with Crippen LogP contribution in [0.25, 0.3) is 0 Å². The van der Waals surface area contributed by atoms with E-state index in [-0.39, 0.29) is 11.9 Å². The smallest absolute Gasteiger partial charge is 0.323 e. The predicted molar refractivity (Wildman–Crippen MR) is 54.8 cm³/mol. The fourth-order valence-corrected chi connectivity index (χ4v) is 1.30. The zero-order valence-electron chi connectivity index (χ0n) is 8.44. The lowest BCUT2D eigenvalue weighted by Crippen LogP contribution is -2.36. The highest BCUT2D eigenvalue weighted by atomic mass is 16.5. The molecule has 0 heterocycles. The number of rotatable bonds is 3. The molecule has 0 saturated carbocycles. The molecule has 0 aliphatic carbocycles. The summed E-state index contributed by atoms with van der Waals surface area (Å²) in [7, 11) is 1.35. The monoisotopic (exact) mass is 193 g/mol. The maximum atomic E-state index is 11.2. The second-order valence-corrected chi connectivity index (χ2v) is 3.25. The Hall–Kier alpha value is -1.35. The second-order valence-electron chi connectivity index (χ2n) is 3.25. The third-order valence-electron chi connectivity index (χ3n) is 2.34. The minimum absolute atomic E-state index is 0.0244. The highest BCUT2D eigenvalue weighted by Gasteiger charge is 2.22. The van der Waals surface area contributed by atoms with Gasteiger partial charge in [0.05, 0.1) is 7.11 Å². The van der Waals surface area contributed by atoms with Gasteiger partial charge in [-0.15, -0.1) is 0 Å². The van der Waals surface area contributed by atoms with E-state index in [2.05, 4.69) is 4.74 Å². The maximum Gasteiger partial charge on any atom is 0.323 e. The van der Waals surface area contributed by atoms with Gasteiger partial charge in [-0.25, -0.2) is 0 Å². The van der Waals surface area contributed by atoms with E-state index in [4.69, 9.17) is 5.73 Å². The molecule has 0 aliphatic heterocycles. The topological polar surface area (TPSA) is 52.3 Å². The number of hydrogen-bond donors (Lipinski definition) is 1. The van der Waals surface area contributed by atoms with Crippen LogP contribution in [0.5, 0.6) is 0 Å². The molecule has 2 unspecified atom stereocenters. The molecule has 3 nitrogen and oxygen atoms in total. The van der Waals surface area contributed by atoms with Crippen molar-refractivity contribution in [1.82, 2.24) is 0 Å². The van der Waals surface area contributed by atoms with Crippen molar-refractivity contribution in [3.8, 4) is 0 Å². The number of esters is 1. The quantitative estimate of drug-likeness (QED) is 0.736. The lowest BCUT2D eigenvalue weighted by Gasteiger charge is -2.17. The van der Waals surface area contributed by atoms with Crippen LogP contribution in [0, 0.1) is 0 Å². The van der Waals surface area contributed by atoms with Gasteiger partial charge in [0.25, 0.3) is 0 Å². The van der Waals surface area contributed by atoms with E-state index in [1.807, 2.05) is 37.3 Å². The molecule has 0 spiro atoms. The van der Waals surface area contributed by atoms with E-state index >= 15 is 0 Å². The fourth-order valence-electron chi connectivity index (χ4n) is 1.30. The Labute approximate surface area is 83.9 Å². The molecule has 2 N–H and O–H groups in total. The number of ether oxygens (including phenoxy) is 1. The Morgan fingerprint density at radius 1 is 1.36 bits per heavy atom. The molecule has 0 aromatic heterocycles. The van der Waals surface area contributed by atoms with Gasteiger partial charge in [0.2, 0.25) is 0 Å². The average Bonchev–Trinajstić information content (AvgIpc) is 2.27.